The van der Waals surface area contributed by atoms with Crippen LogP contribution in [0.4, 0.5) is 5.69 Å². The van der Waals surface area contributed by atoms with Crippen LogP contribution in [0.15, 0.2) is 12.1 Å². The summed E-state index contributed by atoms with van der Waals surface area (Å²) in [6.45, 7) is 0.216. The molecule has 1 saturated heterocycles. The lowest BCUT2D eigenvalue weighted by Crippen LogP contribution is -2.27. The molecule has 2 fully saturated rings. The molecule has 28 heavy (non-hydrogen) atoms. The van der Waals surface area contributed by atoms with Gasteiger partial charge in [0, 0.05) is 24.5 Å². The lowest BCUT2D eigenvalue weighted by atomic mass is 9.88. The second-order valence-corrected chi connectivity index (χ2v) is 6.93. The van der Waals surface area contributed by atoms with Gasteiger partial charge in [0.25, 0.3) is 0 Å². The molecule has 1 aromatic carbocycles. The lowest BCUT2D eigenvalue weighted by molar-refractivity contribution is -0.145. The number of nitrogens with one attached hydrogen (secondary N) is 1. The zero-order valence-electron chi connectivity index (χ0n) is 16.1. The maximum atomic E-state index is 12.7. The molecule has 0 spiro atoms. The van der Waals surface area contributed by atoms with Crippen LogP contribution in [0.25, 0.3) is 0 Å². The number of benzene rings is 1. The Labute approximate surface area is 163 Å². The van der Waals surface area contributed by atoms with E-state index in [1.54, 1.807) is 0 Å². The Morgan fingerprint density at radius 2 is 1.71 bits per heavy atom. The van der Waals surface area contributed by atoms with Gasteiger partial charge in [0.2, 0.25) is 12.0 Å². The molecule has 2 aliphatic rings. The van der Waals surface area contributed by atoms with Gasteiger partial charge in [-0.2, -0.15) is 0 Å². The lowest BCUT2D eigenvalue weighted by Gasteiger charge is -2.22. The highest BCUT2D eigenvalue weighted by molar-refractivity contribution is 6.03. The van der Waals surface area contributed by atoms with Crippen molar-refractivity contribution >= 4 is 23.5 Å². The smallest absolute Gasteiger partial charge is 0.347 e. The molecule has 1 aliphatic heterocycles. The van der Waals surface area contributed by atoms with Gasteiger partial charge in [0.15, 0.2) is 11.5 Å². The molecule has 1 saturated carbocycles. The Bertz CT molecular complexity index is 755. The highest BCUT2D eigenvalue weighted by atomic mass is 16.6. The SMILES string of the molecule is COc1cc(NC(=O)C2CCCCC2)c(C(=O)O[C@H]2CCOC2=O)cc1OC. The van der Waals surface area contributed by atoms with Crippen LogP contribution in [-0.2, 0) is 19.1 Å². The van der Waals surface area contributed by atoms with Crippen molar-refractivity contribution in [2.24, 2.45) is 5.92 Å². The predicted molar refractivity (Wildman–Crippen MR) is 99.5 cm³/mol. The highest BCUT2D eigenvalue weighted by Crippen LogP contribution is 2.35. The summed E-state index contributed by atoms with van der Waals surface area (Å²) in [6, 6.07) is 2.97. The summed E-state index contributed by atoms with van der Waals surface area (Å²) in [7, 11) is 2.92. The molecule has 3 rings (SSSR count). The minimum Gasteiger partial charge on any atom is -0.493 e. The minimum absolute atomic E-state index is 0.0875. The monoisotopic (exact) mass is 391 g/mol. The standard InChI is InChI=1S/C20H25NO7/c1-25-16-10-13(19(23)28-15-8-9-27-20(15)24)14(11-17(16)26-2)21-18(22)12-6-4-3-5-7-12/h10-12,15H,3-9H2,1-2H3,(H,21,22)/t15-/m0/s1. The third-order valence-electron chi connectivity index (χ3n) is 5.11. The first kappa shape index (κ1) is 20.0. The molecule has 1 N–H and O–H groups in total. The van der Waals surface area contributed by atoms with Crippen LogP contribution in [0.2, 0.25) is 0 Å². The Morgan fingerprint density at radius 3 is 2.32 bits per heavy atom. The third kappa shape index (κ3) is 4.37. The molecular formula is C20H25NO7. The quantitative estimate of drug-likeness (QED) is 0.744. The van der Waals surface area contributed by atoms with Crippen molar-refractivity contribution in [3.8, 4) is 11.5 Å². The number of cyclic esters (lactones) is 1. The number of rotatable bonds is 6. The van der Waals surface area contributed by atoms with Crippen LogP contribution in [0.5, 0.6) is 11.5 Å². The van der Waals surface area contributed by atoms with Gasteiger partial charge in [0.05, 0.1) is 32.1 Å². The summed E-state index contributed by atoms with van der Waals surface area (Å²) >= 11 is 0. The molecule has 1 atom stereocenters. The first-order valence-corrected chi connectivity index (χ1v) is 9.48. The number of esters is 2. The van der Waals surface area contributed by atoms with Crippen LogP contribution in [0.3, 0.4) is 0 Å². The van der Waals surface area contributed by atoms with Gasteiger partial charge < -0.3 is 24.3 Å². The topological polar surface area (TPSA) is 100 Å². The van der Waals surface area contributed by atoms with E-state index in [9.17, 15) is 14.4 Å². The molecule has 0 unspecified atom stereocenters. The third-order valence-corrected chi connectivity index (χ3v) is 5.11. The van der Waals surface area contributed by atoms with Crippen molar-refractivity contribution in [1.29, 1.82) is 0 Å². The van der Waals surface area contributed by atoms with Crippen LogP contribution >= 0.6 is 0 Å². The van der Waals surface area contributed by atoms with Crippen molar-refractivity contribution < 1.29 is 33.3 Å². The molecule has 0 aromatic heterocycles. The normalized spacial score (nSPS) is 19.6. The second-order valence-electron chi connectivity index (χ2n) is 6.93. The Hall–Kier alpha value is -2.77. The predicted octanol–water partition coefficient (Wildman–Crippen LogP) is 2.69. The van der Waals surface area contributed by atoms with Gasteiger partial charge in [0.1, 0.15) is 0 Å². The largest absolute Gasteiger partial charge is 0.493 e. The molecular weight excluding hydrogens is 366 g/mol. The summed E-state index contributed by atoms with van der Waals surface area (Å²) in [5.41, 5.74) is 0.367. The second kappa shape index (κ2) is 8.95. The average molecular weight is 391 g/mol. The minimum atomic E-state index is -0.942. The molecule has 152 valence electrons. The van der Waals surface area contributed by atoms with Gasteiger partial charge >= 0.3 is 11.9 Å². The molecule has 1 aromatic rings. The summed E-state index contributed by atoms with van der Waals surface area (Å²) < 4.78 is 20.7. The van der Waals surface area contributed by atoms with E-state index in [-0.39, 0.29) is 29.7 Å². The fourth-order valence-corrected chi connectivity index (χ4v) is 3.53. The fraction of sp³-hybridized carbons (Fsp3) is 0.550. The van der Waals surface area contributed by atoms with E-state index >= 15 is 0 Å². The molecule has 1 amide bonds. The van der Waals surface area contributed by atoms with E-state index in [2.05, 4.69) is 5.32 Å². The number of anilines is 1. The van der Waals surface area contributed by atoms with Crippen molar-refractivity contribution in [2.75, 3.05) is 26.1 Å². The zero-order valence-corrected chi connectivity index (χ0v) is 16.1. The zero-order chi connectivity index (χ0) is 20.1. The van der Waals surface area contributed by atoms with E-state index in [1.807, 2.05) is 0 Å². The van der Waals surface area contributed by atoms with Gasteiger partial charge in [-0.1, -0.05) is 19.3 Å². The number of ether oxygens (including phenoxy) is 4. The fourth-order valence-electron chi connectivity index (χ4n) is 3.53. The summed E-state index contributed by atoms with van der Waals surface area (Å²) in [6.07, 6.45) is 4.18. The molecule has 0 bridgehead atoms. The molecule has 1 heterocycles. The first-order valence-electron chi connectivity index (χ1n) is 9.48. The number of hydrogen-bond donors (Lipinski definition) is 1. The van der Waals surface area contributed by atoms with Crippen LogP contribution in [0, 0.1) is 5.92 Å². The Morgan fingerprint density at radius 1 is 1.04 bits per heavy atom. The maximum absolute atomic E-state index is 12.7. The molecule has 0 radical (unpaired) electrons. The van der Waals surface area contributed by atoms with Crippen molar-refractivity contribution in [1.82, 2.24) is 0 Å². The van der Waals surface area contributed by atoms with Gasteiger partial charge in [-0.3, -0.25) is 4.79 Å². The van der Waals surface area contributed by atoms with Crippen LogP contribution in [0.1, 0.15) is 48.9 Å². The van der Waals surface area contributed by atoms with E-state index < -0.39 is 18.0 Å². The maximum Gasteiger partial charge on any atom is 0.347 e. The number of methoxy groups -OCH3 is 2. The first-order chi connectivity index (χ1) is 13.5. The van der Waals surface area contributed by atoms with Crippen LogP contribution < -0.4 is 14.8 Å². The Kier molecular flexibility index (Phi) is 6.38. The average Bonchev–Trinajstić information content (AvgIpc) is 3.12. The van der Waals surface area contributed by atoms with Crippen molar-refractivity contribution in [2.45, 2.75) is 44.6 Å². The molecule has 1 aliphatic carbocycles. The van der Waals surface area contributed by atoms with Gasteiger partial charge in [-0.25, -0.2) is 9.59 Å². The summed E-state index contributed by atoms with van der Waals surface area (Å²) in [4.78, 5) is 37.0. The van der Waals surface area contributed by atoms with Crippen LogP contribution in [-0.4, -0.2) is 44.8 Å². The Balaban J connectivity index is 1.86. The van der Waals surface area contributed by atoms with E-state index in [1.165, 1.54) is 26.4 Å². The number of carbonyl (C=O) groups excluding carboxylic acids is 3. The number of amides is 1. The van der Waals surface area contributed by atoms with Crippen molar-refractivity contribution in [3.63, 3.8) is 0 Å². The molecule has 8 heteroatoms. The van der Waals surface area contributed by atoms with E-state index in [0.717, 1.165) is 32.1 Å². The summed E-state index contributed by atoms with van der Waals surface area (Å²) in [5, 5.41) is 2.83. The highest BCUT2D eigenvalue weighted by Gasteiger charge is 2.32. The van der Waals surface area contributed by atoms with E-state index in [4.69, 9.17) is 18.9 Å². The number of hydrogen-bond acceptors (Lipinski definition) is 7. The van der Waals surface area contributed by atoms with E-state index in [0.29, 0.717) is 17.9 Å². The van der Waals surface area contributed by atoms with Gasteiger partial charge in [-0.05, 0) is 12.8 Å². The molecule has 8 nitrogen and oxygen atoms in total. The number of carbonyl (C=O) groups is 3. The van der Waals surface area contributed by atoms with Gasteiger partial charge in [-0.15, -0.1) is 0 Å². The summed E-state index contributed by atoms with van der Waals surface area (Å²) in [5.74, 6) is -0.834. The van der Waals surface area contributed by atoms with Crippen molar-refractivity contribution in [3.05, 3.63) is 17.7 Å².